The Balaban J connectivity index is 1.67. The van der Waals surface area contributed by atoms with Gasteiger partial charge in [0.25, 0.3) is 0 Å². The number of hydrogen-bond donors (Lipinski definition) is 0. The van der Waals surface area contributed by atoms with E-state index >= 15 is 0 Å². The molecule has 0 saturated carbocycles. The smallest absolute Gasteiger partial charge is 0.228 e. The van der Waals surface area contributed by atoms with Crippen molar-refractivity contribution in [1.82, 2.24) is 19.9 Å². The topological polar surface area (TPSA) is 54.4 Å². The summed E-state index contributed by atoms with van der Waals surface area (Å²) >= 11 is 0. The largest absolute Gasteiger partial charge is 0.481 e. The van der Waals surface area contributed by atoms with Crippen LogP contribution in [-0.4, -0.2) is 53.1 Å². The van der Waals surface area contributed by atoms with Crippen LogP contribution >= 0.6 is 0 Å². The first-order valence-corrected chi connectivity index (χ1v) is 8.08. The molecule has 1 unspecified atom stereocenters. The lowest BCUT2D eigenvalue weighted by molar-refractivity contribution is 0.196. The number of rotatable bonds is 5. The molecule has 6 nitrogen and oxygen atoms in total. The second-order valence-electron chi connectivity index (χ2n) is 6.01. The Morgan fingerprint density at radius 3 is 3.04 bits per heavy atom. The molecule has 1 fully saturated rings. The van der Waals surface area contributed by atoms with Gasteiger partial charge in [-0.1, -0.05) is 0 Å². The van der Waals surface area contributed by atoms with Gasteiger partial charge in [0.05, 0.1) is 13.3 Å². The average Bonchev–Trinajstić information content (AvgIpc) is 2.63. The van der Waals surface area contributed by atoms with Gasteiger partial charge in [-0.25, -0.2) is 9.37 Å². The quantitative estimate of drug-likeness (QED) is 0.836. The number of aromatic nitrogens is 3. The van der Waals surface area contributed by atoms with E-state index in [1.807, 2.05) is 7.05 Å². The lowest BCUT2D eigenvalue weighted by Gasteiger charge is -2.37. The molecule has 0 aromatic carbocycles. The van der Waals surface area contributed by atoms with Crippen molar-refractivity contribution in [2.45, 2.75) is 25.4 Å². The van der Waals surface area contributed by atoms with Crippen LogP contribution in [0.5, 0.6) is 5.88 Å². The van der Waals surface area contributed by atoms with Gasteiger partial charge in [0, 0.05) is 50.2 Å². The minimum Gasteiger partial charge on any atom is -0.481 e. The summed E-state index contributed by atoms with van der Waals surface area (Å²) in [6, 6.07) is 3.76. The Morgan fingerprint density at radius 2 is 2.25 bits per heavy atom. The molecule has 2 aromatic rings. The van der Waals surface area contributed by atoms with E-state index in [1.54, 1.807) is 31.6 Å². The Labute approximate surface area is 141 Å². The van der Waals surface area contributed by atoms with Crippen molar-refractivity contribution in [2.75, 3.05) is 32.1 Å². The van der Waals surface area contributed by atoms with Gasteiger partial charge in [0.15, 0.2) is 0 Å². The monoisotopic (exact) mass is 331 g/mol. The number of pyridine rings is 1. The summed E-state index contributed by atoms with van der Waals surface area (Å²) in [6.45, 7) is 2.40. The van der Waals surface area contributed by atoms with E-state index < -0.39 is 0 Å². The van der Waals surface area contributed by atoms with Crippen molar-refractivity contribution >= 4 is 5.95 Å². The molecule has 3 rings (SSSR count). The van der Waals surface area contributed by atoms with Crippen LogP contribution in [0.25, 0.3) is 0 Å². The number of likely N-dealkylation sites (tertiary alicyclic amines) is 1. The first-order valence-electron chi connectivity index (χ1n) is 8.08. The fourth-order valence-electron chi connectivity index (χ4n) is 3.04. The summed E-state index contributed by atoms with van der Waals surface area (Å²) in [4.78, 5) is 16.9. The van der Waals surface area contributed by atoms with Crippen LogP contribution < -0.4 is 9.64 Å². The lowest BCUT2D eigenvalue weighted by atomic mass is 10.0. The number of ether oxygens (including phenoxy) is 1. The molecule has 0 N–H and O–H groups in total. The summed E-state index contributed by atoms with van der Waals surface area (Å²) in [5, 5.41) is 0. The third-order valence-corrected chi connectivity index (χ3v) is 4.42. The maximum absolute atomic E-state index is 13.8. The van der Waals surface area contributed by atoms with Crippen LogP contribution in [-0.2, 0) is 6.54 Å². The number of methoxy groups -OCH3 is 1. The number of anilines is 1. The van der Waals surface area contributed by atoms with Gasteiger partial charge in [-0.05, 0) is 25.5 Å². The van der Waals surface area contributed by atoms with Gasteiger partial charge in [-0.3, -0.25) is 9.88 Å². The fraction of sp³-hybridized carbons (Fsp3) is 0.471. The molecule has 1 aliphatic heterocycles. The molecule has 0 bridgehead atoms. The highest BCUT2D eigenvalue weighted by molar-refractivity contribution is 5.32. The first-order chi connectivity index (χ1) is 11.7. The Hall–Kier alpha value is -2.28. The molecule has 0 aliphatic carbocycles. The standard InChI is InChI=1S/C17H22FN5O/c1-22(17-20-8-6-16(21-17)24-2)14-4-3-9-23(12-14)11-13-5-7-19-10-15(13)18/h5-8,10,14H,3-4,9,11-12H2,1-2H3. The van der Waals surface area contributed by atoms with Crippen molar-refractivity contribution in [2.24, 2.45) is 0 Å². The van der Waals surface area contributed by atoms with Crippen molar-refractivity contribution < 1.29 is 9.13 Å². The normalized spacial score (nSPS) is 18.4. The van der Waals surface area contributed by atoms with Gasteiger partial charge in [0.1, 0.15) is 5.82 Å². The molecule has 0 amide bonds. The molecule has 1 atom stereocenters. The van der Waals surface area contributed by atoms with Crippen LogP contribution in [0.4, 0.5) is 10.3 Å². The Kier molecular flexibility index (Phi) is 5.20. The molecular weight excluding hydrogens is 309 g/mol. The number of halogens is 1. The number of likely N-dealkylation sites (N-methyl/N-ethyl adjacent to an activating group) is 1. The van der Waals surface area contributed by atoms with Crippen molar-refractivity contribution in [1.29, 1.82) is 0 Å². The molecule has 7 heteroatoms. The Morgan fingerprint density at radius 1 is 1.38 bits per heavy atom. The highest BCUT2D eigenvalue weighted by Gasteiger charge is 2.25. The van der Waals surface area contributed by atoms with E-state index in [1.165, 1.54) is 6.20 Å². The SMILES string of the molecule is COc1ccnc(N(C)C2CCCN(Cc3ccncc3F)C2)n1. The zero-order valence-corrected chi connectivity index (χ0v) is 14.0. The zero-order chi connectivity index (χ0) is 16.9. The summed E-state index contributed by atoms with van der Waals surface area (Å²) < 4.78 is 19.0. The maximum atomic E-state index is 13.8. The van der Waals surface area contributed by atoms with Gasteiger partial charge in [-0.15, -0.1) is 0 Å². The maximum Gasteiger partial charge on any atom is 0.228 e. The summed E-state index contributed by atoms with van der Waals surface area (Å²) in [6.07, 6.45) is 6.73. The summed E-state index contributed by atoms with van der Waals surface area (Å²) in [7, 11) is 3.59. The summed E-state index contributed by atoms with van der Waals surface area (Å²) in [5.41, 5.74) is 0.686. The second-order valence-corrected chi connectivity index (χ2v) is 6.01. The summed E-state index contributed by atoms with van der Waals surface area (Å²) in [5.74, 6) is 0.957. The molecular formula is C17H22FN5O. The van der Waals surface area contributed by atoms with Gasteiger partial charge >= 0.3 is 0 Å². The van der Waals surface area contributed by atoms with Crippen molar-refractivity contribution in [3.05, 3.63) is 42.1 Å². The third kappa shape index (κ3) is 3.79. The highest BCUT2D eigenvalue weighted by atomic mass is 19.1. The third-order valence-electron chi connectivity index (χ3n) is 4.42. The van der Waals surface area contributed by atoms with Crippen LogP contribution in [0.1, 0.15) is 18.4 Å². The van der Waals surface area contributed by atoms with Crippen LogP contribution in [0, 0.1) is 5.82 Å². The van der Waals surface area contributed by atoms with Crippen LogP contribution in [0.2, 0.25) is 0 Å². The van der Waals surface area contributed by atoms with E-state index in [4.69, 9.17) is 4.74 Å². The predicted octanol–water partition coefficient (Wildman–Crippen LogP) is 2.12. The van der Waals surface area contributed by atoms with E-state index in [0.29, 0.717) is 23.9 Å². The molecule has 128 valence electrons. The number of hydrogen-bond acceptors (Lipinski definition) is 6. The van der Waals surface area contributed by atoms with E-state index in [2.05, 4.69) is 24.8 Å². The van der Waals surface area contributed by atoms with E-state index in [9.17, 15) is 4.39 Å². The van der Waals surface area contributed by atoms with E-state index in [0.717, 1.165) is 25.9 Å². The van der Waals surface area contributed by atoms with Crippen LogP contribution in [0.3, 0.4) is 0 Å². The highest BCUT2D eigenvalue weighted by Crippen LogP contribution is 2.21. The number of nitrogens with zero attached hydrogens (tertiary/aromatic N) is 5. The van der Waals surface area contributed by atoms with Gasteiger partial charge < -0.3 is 9.64 Å². The second kappa shape index (κ2) is 7.53. The minimum absolute atomic E-state index is 0.246. The fourth-order valence-corrected chi connectivity index (χ4v) is 3.04. The molecule has 1 saturated heterocycles. The average molecular weight is 331 g/mol. The number of piperidine rings is 1. The predicted molar refractivity (Wildman–Crippen MR) is 89.5 cm³/mol. The molecule has 0 spiro atoms. The first kappa shape index (κ1) is 16.6. The molecule has 3 heterocycles. The van der Waals surface area contributed by atoms with Crippen molar-refractivity contribution in [3.8, 4) is 5.88 Å². The van der Waals surface area contributed by atoms with Gasteiger partial charge in [0.2, 0.25) is 11.8 Å². The molecule has 0 radical (unpaired) electrons. The lowest BCUT2D eigenvalue weighted by Crippen LogP contribution is -2.46. The molecule has 2 aromatic heterocycles. The Bertz CT molecular complexity index is 684. The van der Waals surface area contributed by atoms with Crippen LogP contribution in [0.15, 0.2) is 30.7 Å². The van der Waals surface area contributed by atoms with Gasteiger partial charge in [-0.2, -0.15) is 4.98 Å². The molecule has 24 heavy (non-hydrogen) atoms. The minimum atomic E-state index is -0.246. The zero-order valence-electron chi connectivity index (χ0n) is 14.0. The molecule has 1 aliphatic rings. The van der Waals surface area contributed by atoms with Crippen molar-refractivity contribution in [3.63, 3.8) is 0 Å². The van der Waals surface area contributed by atoms with E-state index in [-0.39, 0.29) is 11.9 Å².